The van der Waals surface area contributed by atoms with E-state index in [0.29, 0.717) is 6.73 Å². The van der Waals surface area contributed by atoms with Crippen LogP contribution in [0.5, 0.6) is 0 Å². The summed E-state index contributed by atoms with van der Waals surface area (Å²) in [5, 5.41) is 11.3. The summed E-state index contributed by atoms with van der Waals surface area (Å²) in [4.78, 5) is 0. The van der Waals surface area contributed by atoms with E-state index in [-0.39, 0.29) is 0 Å². The van der Waals surface area contributed by atoms with Crippen LogP contribution in [0.1, 0.15) is 0 Å². The van der Waals surface area contributed by atoms with Gasteiger partial charge in [0.05, 0.1) is 23.1 Å². The normalized spacial score (nSPS) is 12.0. The molecule has 150 valence electrons. The molecule has 3 N–H and O–H groups in total. The van der Waals surface area contributed by atoms with Gasteiger partial charge >= 0.3 is 0 Å². The zero-order valence-electron chi connectivity index (χ0n) is 17.3. The Morgan fingerprint density at radius 1 is 0.966 bits per heavy atom. The minimum atomic E-state index is -1.09. The predicted molar refractivity (Wildman–Crippen MR) is 125 cm³/mol. The molecule has 4 aromatic rings. The van der Waals surface area contributed by atoms with Gasteiger partial charge in [-0.3, -0.25) is 0 Å². The van der Waals surface area contributed by atoms with Crippen molar-refractivity contribution < 1.29 is 4.74 Å². The van der Waals surface area contributed by atoms with Gasteiger partial charge in [0.1, 0.15) is 6.73 Å². The summed E-state index contributed by atoms with van der Waals surface area (Å²) in [5.74, 6) is 0. The van der Waals surface area contributed by atoms with E-state index >= 15 is 0 Å². The third-order valence-electron chi connectivity index (χ3n) is 5.14. The minimum Gasteiger partial charge on any atom is -0.397 e. The minimum absolute atomic E-state index is 0.468. The number of aromatic nitrogens is 2. The lowest BCUT2D eigenvalue weighted by Crippen LogP contribution is -2.22. The van der Waals surface area contributed by atoms with Crippen LogP contribution in [-0.2, 0) is 11.5 Å². The van der Waals surface area contributed by atoms with Gasteiger partial charge in [0.2, 0.25) is 0 Å². The average Bonchev–Trinajstić information content (AvgIpc) is 3.11. The van der Waals surface area contributed by atoms with Crippen LogP contribution in [0.25, 0.3) is 21.7 Å². The molecule has 0 spiro atoms. The molecule has 0 saturated carbocycles. The number of rotatable bonds is 7. The molecule has 0 unspecified atom stereocenters. The van der Waals surface area contributed by atoms with Crippen LogP contribution >= 0.6 is 0 Å². The Labute approximate surface area is 172 Å². The fraction of sp³-hybridized carbons (Fsp3) is 0.261. The average molecular weight is 405 g/mol. The SMILES string of the molecule is C[Si](C)(C)CCOCn1ncc2c(Nc3ccc4ccccc4c3N)cccc21. The maximum atomic E-state index is 6.43. The number of benzene rings is 3. The van der Waals surface area contributed by atoms with Crippen LogP contribution in [0, 0.1) is 0 Å². The molecule has 0 aliphatic rings. The summed E-state index contributed by atoms with van der Waals surface area (Å²) in [6.07, 6.45) is 1.89. The first-order chi connectivity index (χ1) is 13.9. The third kappa shape index (κ3) is 4.28. The van der Waals surface area contributed by atoms with Crippen molar-refractivity contribution in [1.29, 1.82) is 0 Å². The second-order valence-corrected chi connectivity index (χ2v) is 14.2. The van der Waals surface area contributed by atoms with Gasteiger partial charge in [0.25, 0.3) is 0 Å². The van der Waals surface area contributed by atoms with Gasteiger partial charge in [-0.25, -0.2) is 4.68 Å². The predicted octanol–water partition coefficient (Wildman–Crippen LogP) is 5.83. The number of hydrogen-bond acceptors (Lipinski definition) is 4. The van der Waals surface area contributed by atoms with Gasteiger partial charge in [0.15, 0.2) is 0 Å². The number of ether oxygens (including phenoxy) is 1. The summed E-state index contributed by atoms with van der Waals surface area (Å²) in [6.45, 7) is 8.32. The number of hydrogen-bond donors (Lipinski definition) is 2. The Balaban J connectivity index is 1.56. The van der Waals surface area contributed by atoms with Crippen LogP contribution in [0.15, 0.2) is 60.8 Å². The summed E-state index contributed by atoms with van der Waals surface area (Å²) >= 11 is 0. The van der Waals surface area contributed by atoms with E-state index in [0.717, 1.165) is 51.4 Å². The van der Waals surface area contributed by atoms with Gasteiger partial charge in [-0.1, -0.05) is 56.0 Å². The van der Waals surface area contributed by atoms with Crippen molar-refractivity contribution >= 4 is 46.8 Å². The number of nitrogens with zero attached hydrogens (tertiary/aromatic N) is 2. The number of anilines is 3. The van der Waals surface area contributed by atoms with Gasteiger partial charge in [-0.05, 0) is 29.6 Å². The molecule has 5 nitrogen and oxygen atoms in total. The number of fused-ring (bicyclic) bond motifs is 2. The first kappa shape index (κ1) is 19.5. The Hall–Kier alpha value is -2.83. The molecule has 0 saturated heterocycles. The van der Waals surface area contributed by atoms with Crippen LogP contribution < -0.4 is 11.1 Å². The number of nitrogens with two attached hydrogens (primary N) is 1. The zero-order chi connectivity index (χ0) is 20.4. The largest absolute Gasteiger partial charge is 0.397 e. The smallest absolute Gasteiger partial charge is 0.139 e. The maximum absolute atomic E-state index is 6.43. The van der Waals surface area contributed by atoms with Crippen molar-refractivity contribution in [3.05, 3.63) is 60.8 Å². The first-order valence-electron chi connectivity index (χ1n) is 9.99. The number of nitrogens with one attached hydrogen (secondary N) is 1. The van der Waals surface area contributed by atoms with E-state index < -0.39 is 8.07 Å². The van der Waals surface area contributed by atoms with Crippen LogP contribution in [-0.4, -0.2) is 24.5 Å². The molecule has 0 radical (unpaired) electrons. The highest BCUT2D eigenvalue weighted by Gasteiger charge is 2.13. The molecule has 29 heavy (non-hydrogen) atoms. The Morgan fingerprint density at radius 2 is 1.79 bits per heavy atom. The highest BCUT2D eigenvalue weighted by atomic mass is 28.3. The molecule has 6 heteroatoms. The van der Waals surface area contributed by atoms with Crippen molar-refractivity contribution in [3.8, 4) is 0 Å². The molecule has 0 bridgehead atoms. The van der Waals surface area contributed by atoms with Gasteiger partial charge in [-0.2, -0.15) is 5.10 Å². The van der Waals surface area contributed by atoms with Crippen molar-refractivity contribution in [2.75, 3.05) is 17.7 Å². The Bertz CT molecular complexity index is 1150. The quantitative estimate of drug-likeness (QED) is 0.231. The molecule has 1 heterocycles. The van der Waals surface area contributed by atoms with Gasteiger partial charge < -0.3 is 15.8 Å². The van der Waals surface area contributed by atoms with Crippen LogP contribution in [0.4, 0.5) is 17.1 Å². The molecular weight excluding hydrogens is 376 g/mol. The Morgan fingerprint density at radius 3 is 2.62 bits per heavy atom. The second-order valence-electron chi connectivity index (χ2n) is 8.60. The molecule has 0 aliphatic heterocycles. The number of nitrogen functional groups attached to an aromatic ring is 1. The lowest BCUT2D eigenvalue weighted by molar-refractivity contribution is 0.0817. The second kappa shape index (κ2) is 7.89. The molecule has 1 aromatic heterocycles. The third-order valence-corrected chi connectivity index (χ3v) is 6.84. The highest BCUT2D eigenvalue weighted by molar-refractivity contribution is 6.76. The van der Waals surface area contributed by atoms with E-state index in [1.54, 1.807) is 0 Å². The van der Waals surface area contributed by atoms with E-state index in [4.69, 9.17) is 10.5 Å². The summed E-state index contributed by atoms with van der Waals surface area (Å²) < 4.78 is 7.79. The maximum Gasteiger partial charge on any atom is 0.139 e. The Kier molecular flexibility index (Phi) is 5.30. The van der Waals surface area contributed by atoms with Crippen molar-refractivity contribution in [3.63, 3.8) is 0 Å². The fourth-order valence-corrected chi connectivity index (χ4v) is 4.15. The molecule has 0 atom stereocenters. The first-order valence-corrected chi connectivity index (χ1v) is 13.7. The summed E-state index contributed by atoms with van der Waals surface area (Å²) in [6, 6.07) is 19.6. The zero-order valence-corrected chi connectivity index (χ0v) is 18.3. The van der Waals surface area contributed by atoms with Crippen molar-refractivity contribution in [2.24, 2.45) is 0 Å². The van der Waals surface area contributed by atoms with Gasteiger partial charge in [-0.15, -0.1) is 0 Å². The summed E-state index contributed by atoms with van der Waals surface area (Å²) in [7, 11) is -1.09. The molecular formula is C23H28N4OSi. The summed E-state index contributed by atoms with van der Waals surface area (Å²) in [5.41, 5.74) is 10.1. The topological polar surface area (TPSA) is 65.1 Å². The lowest BCUT2D eigenvalue weighted by Gasteiger charge is -2.15. The molecule has 0 amide bonds. The van der Waals surface area contributed by atoms with E-state index in [1.165, 1.54) is 0 Å². The van der Waals surface area contributed by atoms with Crippen molar-refractivity contribution in [1.82, 2.24) is 9.78 Å². The fourth-order valence-electron chi connectivity index (χ4n) is 3.39. The van der Waals surface area contributed by atoms with Crippen molar-refractivity contribution in [2.45, 2.75) is 32.4 Å². The molecule has 3 aromatic carbocycles. The standard InChI is InChI=1S/C23H28N4OSi/c1-29(2,3)14-13-28-16-27-22-10-6-9-20(19(22)15-25-27)26-21-12-11-17-7-4-5-8-18(17)23(21)24/h4-12,15,26H,13-14,16,24H2,1-3H3. The lowest BCUT2D eigenvalue weighted by atomic mass is 10.1. The van der Waals surface area contributed by atoms with E-state index in [2.05, 4.69) is 54.3 Å². The van der Waals surface area contributed by atoms with Crippen LogP contribution in [0.2, 0.25) is 25.7 Å². The molecule has 4 rings (SSSR count). The monoisotopic (exact) mass is 404 g/mol. The highest BCUT2D eigenvalue weighted by Crippen LogP contribution is 2.33. The van der Waals surface area contributed by atoms with Gasteiger partial charge in [0, 0.05) is 31.1 Å². The molecule has 0 fully saturated rings. The van der Waals surface area contributed by atoms with Crippen LogP contribution in [0.3, 0.4) is 0 Å². The van der Waals surface area contributed by atoms with E-state index in [9.17, 15) is 0 Å². The van der Waals surface area contributed by atoms with E-state index in [1.807, 2.05) is 41.2 Å². The molecule has 0 aliphatic carbocycles.